The van der Waals surface area contributed by atoms with Crippen molar-refractivity contribution in [3.8, 4) is 0 Å². The maximum atomic E-state index is 12.2. The first-order valence-corrected chi connectivity index (χ1v) is 9.63. The van der Waals surface area contributed by atoms with Gasteiger partial charge in [0.15, 0.2) is 0 Å². The fourth-order valence-corrected chi connectivity index (χ4v) is 4.09. The van der Waals surface area contributed by atoms with Crippen LogP contribution < -0.4 is 11.1 Å². The summed E-state index contributed by atoms with van der Waals surface area (Å²) < 4.78 is 5.09. The van der Waals surface area contributed by atoms with Crippen LogP contribution in [-0.4, -0.2) is 42.9 Å². The summed E-state index contributed by atoms with van der Waals surface area (Å²) in [7, 11) is 1.72. The molecular formula is C19H30N6O2. The molecule has 0 bridgehead atoms. The van der Waals surface area contributed by atoms with E-state index in [1.165, 1.54) is 17.2 Å². The topological polar surface area (TPSA) is 77.1 Å². The standard InChI is InChI=1S/C19H30N6O2/c1-6-24-18(21-22(5)19(24)27)16-8-7-9-23(11-16)12-17-10-13(2)25(14(17)3)20-15(4)26/h10,16H,6-9,11-12H2,1-5H3,(H,20,26)/t16-/m1/s1. The number of amides is 1. The van der Waals surface area contributed by atoms with Gasteiger partial charge < -0.3 is 0 Å². The number of aromatic nitrogens is 4. The van der Waals surface area contributed by atoms with Crippen molar-refractivity contribution in [3.63, 3.8) is 0 Å². The molecule has 3 rings (SSSR count). The molecule has 0 aromatic carbocycles. The molecule has 1 atom stereocenters. The molecule has 2 aromatic rings. The number of nitrogens with zero attached hydrogens (tertiary/aromatic N) is 5. The molecule has 1 amide bonds. The molecule has 2 aromatic heterocycles. The van der Waals surface area contributed by atoms with E-state index in [2.05, 4.69) is 21.5 Å². The van der Waals surface area contributed by atoms with E-state index in [9.17, 15) is 9.59 Å². The quantitative estimate of drug-likeness (QED) is 0.860. The summed E-state index contributed by atoms with van der Waals surface area (Å²) in [6, 6.07) is 2.14. The normalized spacial score (nSPS) is 18.0. The van der Waals surface area contributed by atoms with E-state index in [1.54, 1.807) is 11.6 Å². The smallest absolute Gasteiger partial charge is 0.298 e. The fraction of sp³-hybridized carbons (Fsp3) is 0.632. The van der Waals surface area contributed by atoms with Crippen LogP contribution in [0.15, 0.2) is 10.9 Å². The van der Waals surface area contributed by atoms with Crippen LogP contribution in [-0.2, 0) is 24.9 Å². The van der Waals surface area contributed by atoms with Crippen molar-refractivity contribution in [1.82, 2.24) is 23.9 Å². The Balaban J connectivity index is 1.77. The lowest BCUT2D eigenvalue weighted by Gasteiger charge is -2.32. The van der Waals surface area contributed by atoms with Crippen LogP contribution in [0.3, 0.4) is 0 Å². The Morgan fingerprint density at radius 2 is 2.11 bits per heavy atom. The molecule has 0 unspecified atom stereocenters. The van der Waals surface area contributed by atoms with Gasteiger partial charge in [-0.3, -0.25) is 24.4 Å². The van der Waals surface area contributed by atoms with Gasteiger partial charge in [-0.1, -0.05) is 0 Å². The largest absolute Gasteiger partial charge is 0.345 e. The SMILES string of the molecule is CCn1c([C@@H]2CCCN(Cc3cc(C)n(NC(C)=O)c3C)C2)nn(C)c1=O. The van der Waals surface area contributed by atoms with Gasteiger partial charge in [0.1, 0.15) is 5.82 Å². The van der Waals surface area contributed by atoms with Crippen LogP contribution in [0.4, 0.5) is 0 Å². The van der Waals surface area contributed by atoms with Gasteiger partial charge in [-0.25, -0.2) is 9.48 Å². The molecule has 148 valence electrons. The monoisotopic (exact) mass is 374 g/mol. The van der Waals surface area contributed by atoms with Crippen molar-refractivity contribution < 1.29 is 4.79 Å². The highest BCUT2D eigenvalue weighted by atomic mass is 16.2. The Bertz CT molecular complexity index is 891. The van der Waals surface area contributed by atoms with E-state index in [4.69, 9.17) is 0 Å². The highest BCUT2D eigenvalue weighted by Crippen LogP contribution is 2.27. The third kappa shape index (κ3) is 3.85. The van der Waals surface area contributed by atoms with Gasteiger partial charge in [-0.15, -0.1) is 0 Å². The molecule has 0 saturated carbocycles. The summed E-state index contributed by atoms with van der Waals surface area (Å²) in [5, 5.41) is 4.50. The second-order valence-electron chi connectivity index (χ2n) is 7.48. The first kappa shape index (κ1) is 19.4. The average molecular weight is 374 g/mol. The molecule has 3 heterocycles. The number of aryl methyl sites for hydroxylation is 2. The molecular weight excluding hydrogens is 344 g/mol. The molecule has 0 spiro atoms. The van der Waals surface area contributed by atoms with Crippen molar-refractivity contribution in [3.05, 3.63) is 39.3 Å². The number of likely N-dealkylation sites (tertiary alicyclic amines) is 1. The lowest BCUT2D eigenvalue weighted by atomic mass is 9.96. The van der Waals surface area contributed by atoms with E-state index in [0.717, 1.165) is 49.7 Å². The Morgan fingerprint density at radius 1 is 1.37 bits per heavy atom. The van der Waals surface area contributed by atoms with Gasteiger partial charge in [0.2, 0.25) is 5.91 Å². The average Bonchev–Trinajstić information content (AvgIpc) is 3.05. The molecule has 0 aliphatic carbocycles. The Labute approximate surface area is 159 Å². The zero-order chi connectivity index (χ0) is 19.7. The van der Waals surface area contributed by atoms with Gasteiger partial charge in [0.05, 0.1) is 0 Å². The van der Waals surface area contributed by atoms with Crippen LogP contribution in [0.25, 0.3) is 0 Å². The second kappa shape index (κ2) is 7.72. The predicted molar refractivity (Wildman–Crippen MR) is 104 cm³/mol. The molecule has 0 radical (unpaired) electrons. The van der Waals surface area contributed by atoms with Crippen LogP contribution in [0.2, 0.25) is 0 Å². The highest BCUT2D eigenvalue weighted by Gasteiger charge is 2.27. The number of hydrogen-bond acceptors (Lipinski definition) is 4. The molecule has 8 nitrogen and oxygen atoms in total. The molecule has 8 heteroatoms. The van der Waals surface area contributed by atoms with E-state index in [-0.39, 0.29) is 17.5 Å². The van der Waals surface area contributed by atoms with Crippen LogP contribution in [0.1, 0.15) is 55.4 Å². The van der Waals surface area contributed by atoms with Gasteiger partial charge in [-0.2, -0.15) is 5.10 Å². The molecule has 1 aliphatic heterocycles. The van der Waals surface area contributed by atoms with Crippen molar-refractivity contribution in [2.24, 2.45) is 7.05 Å². The Hall–Kier alpha value is -2.35. The van der Waals surface area contributed by atoms with Crippen LogP contribution in [0.5, 0.6) is 0 Å². The van der Waals surface area contributed by atoms with Crippen molar-refractivity contribution >= 4 is 5.91 Å². The van der Waals surface area contributed by atoms with Gasteiger partial charge in [0.25, 0.3) is 0 Å². The first-order chi connectivity index (χ1) is 12.8. The van der Waals surface area contributed by atoms with E-state index >= 15 is 0 Å². The predicted octanol–water partition coefficient (Wildman–Crippen LogP) is 1.49. The number of carbonyl (C=O) groups excluding carboxylic acids is 1. The molecule has 1 saturated heterocycles. The lowest BCUT2D eigenvalue weighted by Crippen LogP contribution is -2.35. The first-order valence-electron chi connectivity index (χ1n) is 9.63. The fourth-order valence-electron chi connectivity index (χ4n) is 4.09. The van der Waals surface area contributed by atoms with Crippen LogP contribution >= 0.6 is 0 Å². The number of nitrogens with one attached hydrogen (secondary N) is 1. The van der Waals surface area contributed by atoms with Gasteiger partial charge in [-0.05, 0) is 51.8 Å². The van der Waals surface area contributed by atoms with Gasteiger partial charge >= 0.3 is 5.69 Å². The van der Waals surface area contributed by atoms with Crippen molar-refractivity contribution in [2.75, 3.05) is 18.5 Å². The number of carbonyl (C=O) groups is 1. The molecule has 1 fully saturated rings. The molecule has 27 heavy (non-hydrogen) atoms. The highest BCUT2D eigenvalue weighted by molar-refractivity contribution is 5.81. The maximum absolute atomic E-state index is 12.2. The minimum Gasteiger partial charge on any atom is -0.298 e. The Morgan fingerprint density at radius 3 is 2.78 bits per heavy atom. The summed E-state index contributed by atoms with van der Waals surface area (Å²) in [5.74, 6) is 1.10. The van der Waals surface area contributed by atoms with Crippen molar-refractivity contribution in [2.45, 2.75) is 59.5 Å². The zero-order valence-electron chi connectivity index (χ0n) is 16.9. The second-order valence-corrected chi connectivity index (χ2v) is 7.48. The van der Waals surface area contributed by atoms with E-state index < -0.39 is 0 Å². The van der Waals surface area contributed by atoms with Crippen LogP contribution in [0, 0.1) is 13.8 Å². The summed E-state index contributed by atoms with van der Waals surface area (Å²) >= 11 is 0. The summed E-state index contributed by atoms with van der Waals surface area (Å²) in [6.07, 6.45) is 2.14. The summed E-state index contributed by atoms with van der Waals surface area (Å²) in [4.78, 5) is 26.1. The zero-order valence-corrected chi connectivity index (χ0v) is 16.9. The van der Waals surface area contributed by atoms with E-state index in [0.29, 0.717) is 6.54 Å². The summed E-state index contributed by atoms with van der Waals surface area (Å²) in [6.45, 7) is 10.9. The van der Waals surface area contributed by atoms with E-state index in [1.807, 2.05) is 25.4 Å². The Kier molecular flexibility index (Phi) is 5.55. The third-order valence-electron chi connectivity index (χ3n) is 5.42. The van der Waals surface area contributed by atoms with Crippen molar-refractivity contribution in [1.29, 1.82) is 0 Å². The lowest BCUT2D eigenvalue weighted by molar-refractivity contribution is -0.115. The third-order valence-corrected chi connectivity index (χ3v) is 5.42. The number of piperidine rings is 1. The maximum Gasteiger partial charge on any atom is 0.345 e. The molecule has 1 aliphatic rings. The molecule has 1 N–H and O–H groups in total. The minimum atomic E-state index is -0.0749. The summed E-state index contributed by atoms with van der Waals surface area (Å²) in [5.41, 5.74) is 6.13. The number of rotatable bonds is 5. The number of hydrogen-bond donors (Lipinski definition) is 1. The minimum absolute atomic E-state index is 0.0384. The van der Waals surface area contributed by atoms with Gasteiger partial charge in [0, 0.05) is 50.9 Å².